The van der Waals surface area contributed by atoms with Crippen molar-refractivity contribution in [3.8, 4) is 0 Å². The first-order valence-electron chi connectivity index (χ1n) is 12.7. The lowest BCUT2D eigenvalue weighted by molar-refractivity contribution is -0.137. The van der Waals surface area contributed by atoms with E-state index in [2.05, 4.69) is 14.9 Å². The molecule has 0 amide bonds. The monoisotopic (exact) mass is 532 g/mol. The molecule has 5 rings (SSSR count). The molecule has 0 saturated heterocycles. The summed E-state index contributed by atoms with van der Waals surface area (Å²) in [6.07, 6.45) is 5.62. The zero-order valence-electron chi connectivity index (χ0n) is 20.5. The molecule has 1 aliphatic heterocycles. The topological polar surface area (TPSA) is 69.3 Å². The average molecular weight is 533 g/mol. The van der Waals surface area contributed by atoms with Gasteiger partial charge in [0.25, 0.3) is 0 Å². The maximum absolute atomic E-state index is 13.8. The van der Waals surface area contributed by atoms with Crippen molar-refractivity contribution in [1.29, 1.82) is 0 Å². The molecule has 1 fully saturated rings. The molecule has 0 unspecified atom stereocenters. The van der Waals surface area contributed by atoms with Crippen molar-refractivity contribution in [2.75, 3.05) is 11.4 Å². The highest BCUT2D eigenvalue weighted by Crippen LogP contribution is 2.36. The van der Waals surface area contributed by atoms with Crippen molar-refractivity contribution in [1.82, 2.24) is 14.3 Å². The van der Waals surface area contributed by atoms with Crippen LogP contribution >= 0.6 is 0 Å². The van der Waals surface area contributed by atoms with Crippen LogP contribution in [0.5, 0.6) is 0 Å². The Balaban J connectivity index is 1.49. The maximum atomic E-state index is 13.8. The fraction of sp³-hybridized carbons (Fsp3) is 0.444. The van der Waals surface area contributed by atoms with Crippen molar-refractivity contribution in [3.05, 3.63) is 77.9 Å². The van der Waals surface area contributed by atoms with Gasteiger partial charge in [-0.3, -0.25) is 0 Å². The van der Waals surface area contributed by atoms with Gasteiger partial charge in [-0.1, -0.05) is 43.9 Å². The molecular weight excluding hydrogens is 501 g/mol. The van der Waals surface area contributed by atoms with E-state index < -0.39 is 21.8 Å². The molecule has 2 aromatic carbocycles. The molecule has 198 valence electrons. The van der Waals surface area contributed by atoms with E-state index in [0.29, 0.717) is 12.5 Å². The molecule has 1 atom stereocenters. The fourth-order valence-electron chi connectivity index (χ4n) is 5.60. The maximum Gasteiger partial charge on any atom is 0.416 e. The lowest BCUT2D eigenvalue weighted by Gasteiger charge is -2.34. The minimum atomic E-state index is -4.53. The molecule has 3 aromatic rings. The van der Waals surface area contributed by atoms with Gasteiger partial charge in [-0.2, -0.15) is 17.5 Å². The Labute approximate surface area is 215 Å². The van der Waals surface area contributed by atoms with Gasteiger partial charge in [0.05, 0.1) is 29.0 Å². The molecule has 1 saturated carbocycles. The van der Waals surface area contributed by atoms with Gasteiger partial charge in [-0.15, -0.1) is 0 Å². The van der Waals surface area contributed by atoms with Crippen molar-refractivity contribution < 1.29 is 21.6 Å². The van der Waals surface area contributed by atoms with E-state index in [1.165, 1.54) is 30.0 Å². The number of fused-ring (bicyclic) bond motifs is 1. The van der Waals surface area contributed by atoms with Crippen LogP contribution in [0.1, 0.15) is 55.3 Å². The molecule has 6 nitrogen and oxygen atoms in total. The average Bonchev–Trinajstić information content (AvgIpc) is 3.56. The predicted molar refractivity (Wildman–Crippen MR) is 135 cm³/mol. The van der Waals surface area contributed by atoms with Gasteiger partial charge in [0, 0.05) is 31.0 Å². The highest BCUT2D eigenvalue weighted by molar-refractivity contribution is 7.89. The van der Waals surface area contributed by atoms with Gasteiger partial charge < -0.3 is 9.88 Å². The summed E-state index contributed by atoms with van der Waals surface area (Å²) in [6, 6.07) is 11.5. The quantitative estimate of drug-likeness (QED) is 0.407. The molecule has 2 aliphatic rings. The number of hydrogen-bond acceptors (Lipinski definition) is 4. The number of nitrogens with one attached hydrogen (secondary N) is 1. The van der Waals surface area contributed by atoms with Crippen LogP contribution in [0.15, 0.2) is 66.0 Å². The molecular formula is C27H31F3N4O2S. The second-order valence-corrected chi connectivity index (χ2v) is 12.0. The first kappa shape index (κ1) is 25.8. The van der Waals surface area contributed by atoms with E-state index in [4.69, 9.17) is 0 Å². The normalized spacial score (nSPS) is 19.6. The van der Waals surface area contributed by atoms with E-state index in [0.717, 1.165) is 54.1 Å². The van der Waals surface area contributed by atoms with Crippen LogP contribution in [-0.2, 0) is 29.3 Å². The summed E-state index contributed by atoms with van der Waals surface area (Å²) in [4.78, 5) is 9.45. The SMILES string of the molecule is O=S(=O)(c1ccc(C(F)(F)F)cc1)N1Cc2ccccc2N(Cc2cnc[nH]2)[C@@H](CCC2CCCC2)C1. The third kappa shape index (κ3) is 5.70. The zero-order valence-corrected chi connectivity index (χ0v) is 21.3. The van der Waals surface area contributed by atoms with Crippen molar-refractivity contribution in [2.45, 2.75) is 68.7 Å². The summed E-state index contributed by atoms with van der Waals surface area (Å²) in [6.45, 7) is 0.957. The van der Waals surface area contributed by atoms with Gasteiger partial charge >= 0.3 is 6.18 Å². The van der Waals surface area contributed by atoms with E-state index in [1.807, 2.05) is 24.3 Å². The highest BCUT2D eigenvalue weighted by atomic mass is 32.2. The third-order valence-corrected chi connectivity index (χ3v) is 9.43. The molecule has 1 N–H and O–H groups in total. The first-order valence-corrected chi connectivity index (χ1v) is 14.1. The van der Waals surface area contributed by atoms with Gasteiger partial charge in [-0.05, 0) is 54.7 Å². The number of anilines is 1. The Morgan fingerprint density at radius 2 is 1.73 bits per heavy atom. The van der Waals surface area contributed by atoms with Gasteiger partial charge in [0.15, 0.2) is 0 Å². The summed E-state index contributed by atoms with van der Waals surface area (Å²) in [5.74, 6) is 0.646. The second kappa shape index (κ2) is 10.5. The van der Waals surface area contributed by atoms with Crippen molar-refractivity contribution in [3.63, 3.8) is 0 Å². The molecule has 2 heterocycles. The molecule has 10 heteroatoms. The van der Waals surface area contributed by atoms with Crippen molar-refractivity contribution >= 4 is 15.7 Å². The third-order valence-electron chi connectivity index (χ3n) is 7.60. The minimum absolute atomic E-state index is 0.100. The van der Waals surface area contributed by atoms with Crippen LogP contribution in [-0.4, -0.2) is 35.3 Å². The zero-order chi connectivity index (χ0) is 26.0. The number of para-hydroxylation sites is 1. The first-order chi connectivity index (χ1) is 17.7. The van der Waals surface area contributed by atoms with E-state index >= 15 is 0 Å². The van der Waals surface area contributed by atoms with Crippen molar-refractivity contribution in [2.24, 2.45) is 5.92 Å². The number of imidazole rings is 1. The van der Waals surface area contributed by atoms with E-state index in [1.54, 1.807) is 12.5 Å². The van der Waals surface area contributed by atoms with Gasteiger partial charge in [-0.25, -0.2) is 13.4 Å². The Kier molecular flexibility index (Phi) is 7.31. The van der Waals surface area contributed by atoms with Crippen LogP contribution < -0.4 is 4.90 Å². The van der Waals surface area contributed by atoms with E-state index in [9.17, 15) is 21.6 Å². The van der Waals surface area contributed by atoms with Crippen LogP contribution in [0, 0.1) is 5.92 Å². The summed E-state index contributed by atoms with van der Waals surface area (Å²) < 4.78 is 68.2. The largest absolute Gasteiger partial charge is 0.416 e. The summed E-state index contributed by atoms with van der Waals surface area (Å²) in [7, 11) is -4.03. The van der Waals surface area contributed by atoms with Crippen LogP contribution in [0.2, 0.25) is 0 Å². The van der Waals surface area contributed by atoms with Gasteiger partial charge in [0.1, 0.15) is 0 Å². The number of hydrogen-bond donors (Lipinski definition) is 1. The predicted octanol–water partition coefficient (Wildman–Crippen LogP) is 5.98. The molecule has 0 radical (unpaired) electrons. The number of nitrogens with zero attached hydrogens (tertiary/aromatic N) is 3. The molecule has 0 spiro atoms. The minimum Gasteiger partial charge on any atom is -0.361 e. The van der Waals surface area contributed by atoms with Crippen LogP contribution in [0.25, 0.3) is 0 Å². The standard InChI is InChI=1S/C27H31F3N4O2S/c28-27(29,30)22-10-13-25(14-11-22)37(35,36)33-16-21-7-3-4-8-26(21)34(17-23-15-31-19-32-23)24(18-33)12-9-20-5-1-2-6-20/h3-4,7-8,10-11,13-15,19-20,24H,1-2,5-6,9,12,16-18H2,(H,31,32)/t24-/m0/s1. The molecule has 0 bridgehead atoms. The highest BCUT2D eigenvalue weighted by Gasteiger charge is 2.36. The Bertz CT molecular complexity index is 1290. The summed E-state index contributed by atoms with van der Waals surface area (Å²) in [5.41, 5.74) is 1.90. The Hall–Kier alpha value is -2.85. The number of halogens is 3. The fourth-order valence-corrected chi connectivity index (χ4v) is 7.06. The lowest BCUT2D eigenvalue weighted by atomic mass is 9.97. The number of rotatable bonds is 7. The second-order valence-electron chi connectivity index (χ2n) is 10.0. The molecule has 1 aliphatic carbocycles. The number of alkyl halides is 3. The Morgan fingerprint density at radius 1 is 1.00 bits per heavy atom. The van der Waals surface area contributed by atoms with Gasteiger partial charge in [0.2, 0.25) is 10.0 Å². The number of benzene rings is 2. The van der Waals surface area contributed by atoms with Crippen LogP contribution in [0.3, 0.4) is 0 Å². The lowest BCUT2D eigenvalue weighted by Crippen LogP contribution is -2.43. The van der Waals surface area contributed by atoms with Crippen LogP contribution in [0.4, 0.5) is 18.9 Å². The number of H-pyrrole nitrogens is 1. The smallest absolute Gasteiger partial charge is 0.361 e. The summed E-state index contributed by atoms with van der Waals surface area (Å²) >= 11 is 0. The van der Waals surface area contributed by atoms with E-state index in [-0.39, 0.29) is 24.0 Å². The molecule has 1 aromatic heterocycles. The molecule has 37 heavy (non-hydrogen) atoms. The number of sulfonamides is 1. The summed E-state index contributed by atoms with van der Waals surface area (Å²) in [5, 5.41) is 0. The Morgan fingerprint density at radius 3 is 2.41 bits per heavy atom. The number of aromatic amines is 1. The number of aromatic nitrogens is 2.